The van der Waals surface area contributed by atoms with Crippen LogP contribution in [0.15, 0.2) is 0 Å². The standard InChI is InChI=1S/C9H13BrO2/c1-9(2)6-4(8(9)12)3-5(11)7(6)10/h4-7,11H,3H2,1-2H3/t4-,5+,6-,7-/m0/s1. The van der Waals surface area contributed by atoms with E-state index in [1.165, 1.54) is 0 Å². The summed E-state index contributed by atoms with van der Waals surface area (Å²) >= 11 is 3.46. The molecule has 0 bridgehead atoms. The molecule has 2 aliphatic carbocycles. The van der Waals surface area contributed by atoms with Crippen LogP contribution < -0.4 is 0 Å². The molecule has 2 nitrogen and oxygen atoms in total. The number of rotatable bonds is 0. The number of aliphatic hydroxyl groups is 1. The van der Waals surface area contributed by atoms with Crippen LogP contribution in [0.2, 0.25) is 0 Å². The highest BCUT2D eigenvalue weighted by Gasteiger charge is 2.63. The Morgan fingerprint density at radius 1 is 1.58 bits per heavy atom. The normalized spacial score (nSPS) is 50.2. The van der Waals surface area contributed by atoms with E-state index >= 15 is 0 Å². The minimum absolute atomic E-state index is 0.121. The lowest BCUT2D eigenvalue weighted by atomic mass is 9.56. The molecule has 68 valence electrons. The quantitative estimate of drug-likeness (QED) is 0.641. The van der Waals surface area contributed by atoms with E-state index in [1.807, 2.05) is 13.8 Å². The number of hydrogen-bond acceptors (Lipinski definition) is 2. The maximum atomic E-state index is 11.5. The summed E-state index contributed by atoms with van der Waals surface area (Å²) < 4.78 is 0. The highest BCUT2D eigenvalue weighted by Crippen LogP contribution is 2.57. The van der Waals surface area contributed by atoms with Gasteiger partial charge in [0.2, 0.25) is 0 Å². The fraction of sp³-hybridized carbons (Fsp3) is 0.889. The fourth-order valence-corrected chi connectivity index (χ4v) is 3.96. The largest absolute Gasteiger partial charge is 0.392 e. The van der Waals surface area contributed by atoms with Crippen LogP contribution in [-0.4, -0.2) is 21.8 Å². The number of Topliss-reactive ketones (excluding diaryl/α,β-unsaturated/α-hetero) is 1. The van der Waals surface area contributed by atoms with Crippen molar-refractivity contribution in [2.24, 2.45) is 17.3 Å². The summed E-state index contributed by atoms with van der Waals surface area (Å²) in [6.45, 7) is 3.95. The van der Waals surface area contributed by atoms with E-state index in [0.717, 1.165) is 0 Å². The Bertz CT molecular complexity index is 237. The molecule has 2 rings (SSSR count). The van der Waals surface area contributed by atoms with Crippen molar-refractivity contribution in [1.82, 2.24) is 0 Å². The molecule has 3 heteroatoms. The van der Waals surface area contributed by atoms with Gasteiger partial charge >= 0.3 is 0 Å². The van der Waals surface area contributed by atoms with Crippen LogP contribution >= 0.6 is 15.9 Å². The Hall–Kier alpha value is 0.110. The zero-order valence-corrected chi connectivity index (χ0v) is 8.84. The van der Waals surface area contributed by atoms with E-state index in [-0.39, 0.29) is 22.3 Å². The molecular weight excluding hydrogens is 220 g/mol. The van der Waals surface area contributed by atoms with Gasteiger partial charge in [0.05, 0.1) is 6.10 Å². The van der Waals surface area contributed by atoms with Crippen LogP contribution in [-0.2, 0) is 4.79 Å². The van der Waals surface area contributed by atoms with Gasteiger partial charge in [-0.25, -0.2) is 0 Å². The first-order chi connectivity index (χ1) is 5.46. The van der Waals surface area contributed by atoms with Crippen molar-refractivity contribution in [2.75, 3.05) is 0 Å². The van der Waals surface area contributed by atoms with Gasteiger partial charge < -0.3 is 5.11 Å². The van der Waals surface area contributed by atoms with Gasteiger partial charge in [-0.15, -0.1) is 0 Å². The van der Waals surface area contributed by atoms with Gasteiger partial charge in [0.25, 0.3) is 0 Å². The first kappa shape index (κ1) is 8.70. The number of alkyl halides is 1. The van der Waals surface area contributed by atoms with Crippen molar-refractivity contribution in [3.8, 4) is 0 Å². The summed E-state index contributed by atoms with van der Waals surface area (Å²) in [4.78, 5) is 11.6. The SMILES string of the molecule is CC1(C)C(=O)[C@H]2C[C@@H](O)[C@H](Br)[C@H]21. The maximum absolute atomic E-state index is 11.5. The van der Waals surface area contributed by atoms with E-state index in [1.54, 1.807) is 0 Å². The number of fused-ring (bicyclic) bond motifs is 1. The van der Waals surface area contributed by atoms with Crippen LogP contribution in [0.5, 0.6) is 0 Å². The number of ketones is 1. The summed E-state index contributed by atoms with van der Waals surface area (Å²) in [5.41, 5.74) is -0.212. The van der Waals surface area contributed by atoms with Crippen molar-refractivity contribution < 1.29 is 9.90 Å². The van der Waals surface area contributed by atoms with E-state index < -0.39 is 0 Å². The minimum atomic E-state index is -0.328. The van der Waals surface area contributed by atoms with Crippen LogP contribution in [0.1, 0.15) is 20.3 Å². The number of carbonyl (C=O) groups is 1. The summed E-state index contributed by atoms with van der Waals surface area (Å²) in [6, 6.07) is 0. The van der Waals surface area contributed by atoms with Crippen LogP contribution in [0.25, 0.3) is 0 Å². The molecule has 4 atom stereocenters. The van der Waals surface area contributed by atoms with Gasteiger partial charge in [-0.1, -0.05) is 29.8 Å². The van der Waals surface area contributed by atoms with Gasteiger partial charge in [-0.3, -0.25) is 4.79 Å². The Kier molecular flexibility index (Phi) is 1.68. The number of hydrogen-bond donors (Lipinski definition) is 1. The topological polar surface area (TPSA) is 37.3 Å². The molecule has 1 N–H and O–H groups in total. The second-order valence-electron chi connectivity index (χ2n) is 4.47. The zero-order valence-electron chi connectivity index (χ0n) is 7.25. The molecular formula is C9H13BrO2. The van der Waals surface area contributed by atoms with Crippen molar-refractivity contribution in [2.45, 2.75) is 31.2 Å². The second kappa shape index (κ2) is 2.32. The first-order valence-electron chi connectivity index (χ1n) is 4.32. The lowest BCUT2D eigenvalue weighted by molar-refractivity contribution is -0.150. The molecule has 0 aromatic rings. The molecule has 2 saturated carbocycles. The third kappa shape index (κ3) is 0.814. The van der Waals surface area contributed by atoms with E-state index in [2.05, 4.69) is 15.9 Å². The first-order valence-corrected chi connectivity index (χ1v) is 5.24. The Morgan fingerprint density at radius 3 is 2.67 bits per heavy atom. The molecule has 0 radical (unpaired) electrons. The van der Waals surface area contributed by atoms with Crippen molar-refractivity contribution in [3.63, 3.8) is 0 Å². The predicted molar refractivity (Wildman–Crippen MR) is 49.1 cm³/mol. The average molecular weight is 233 g/mol. The number of halogens is 1. The molecule has 0 saturated heterocycles. The maximum Gasteiger partial charge on any atom is 0.142 e. The molecule has 0 unspecified atom stereocenters. The number of carbonyl (C=O) groups excluding carboxylic acids is 1. The third-order valence-corrected chi connectivity index (χ3v) is 4.62. The lowest BCUT2D eigenvalue weighted by Crippen LogP contribution is -2.54. The summed E-state index contributed by atoms with van der Waals surface area (Å²) in [6.07, 6.45) is 0.328. The predicted octanol–water partition coefficient (Wildman–Crippen LogP) is 1.36. The average Bonchev–Trinajstić information content (AvgIpc) is 2.27. The monoisotopic (exact) mass is 232 g/mol. The van der Waals surface area contributed by atoms with E-state index in [0.29, 0.717) is 18.1 Å². The van der Waals surface area contributed by atoms with Gasteiger partial charge in [-0.05, 0) is 12.3 Å². The smallest absolute Gasteiger partial charge is 0.142 e. The number of aliphatic hydroxyl groups excluding tert-OH is 1. The third-order valence-electron chi connectivity index (χ3n) is 3.44. The zero-order chi connectivity index (χ0) is 9.09. The van der Waals surface area contributed by atoms with Crippen molar-refractivity contribution in [1.29, 1.82) is 0 Å². The summed E-state index contributed by atoms with van der Waals surface area (Å²) in [5, 5.41) is 9.53. The van der Waals surface area contributed by atoms with Gasteiger partial charge in [-0.2, -0.15) is 0 Å². The molecule has 12 heavy (non-hydrogen) atoms. The summed E-state index contributed by atoms with van der Waals surface area (Å²) in [7, 11) is 0. The van der Waals surface area contributed by atoms with Crippen LogP contribution in [0, 0.1) is 17.3 Å². The van der Waals surface area contributed by atoms with Gasteiger partial charge in [0.1, 0.15) is 5.78 Å². The molecule has 0 heterocycles. The minimum Gasteiger partial charge on any atom is -0.392 e. The van der Waals surface area contributed by atoms with Crippen LogP contribution in [0.3, 0.4) is 0 Å². The molecule has 0 aliphatic heterocycles. The van der Waals surface area contributed by atoms with Gasteiger partial charge in [0.15, 0.2) is 0 Å². The van der Waals surface area contributed by atoms with Crippen LogP contribution in [0.4, 0.5) is 0 Å². The molecule has 0 aromatic carbocycles. The molecule has 2 aliphatic rings. The highest BCUT2D eigenvalue weighted by molar-refractivity contribution is 9.09. The Labute approximate surface area is 80.5 Å². The summed E-state index contributed by atoms with van der Waals surface area (Å²) in [5.74, 6) is 0.799. The van der Waals surface area contributed by atoms with Crippen molar-refractivity contribution >= 4 is 21.7 Å². The lowest BCUT2D eigenvalue weighted by Gasteiger charge is -2.47. The van der Waals surface area contributed by atoms with Crippen molar-refractivity contribution in [3.05, 3.63) is 0 Å². The second-order valence-corrected chi connectivity index (χ2v) is 5.52. The molecule has 0 amide bonds. The van der Waals surface area contributed by atoms with Gasteiger partial charge in [0, 0.05) is 16.2 Å². The van der Waals surface area contributed by atoms with E-state index in [4.69, 9.17) is 0 Å². The highest BCUT2D eigenvalue weighted by atomic mass is 79.9. The molecule has 0 aromatic heterocycles. The Morgan fingerprint density at radius 2 is 2.17 bits per heavy atom. The molecule has 0 spiro atoms. The molecule has 2 fully saturated rings. The fourth-order valence-electron chi connectivity index (χ4n) is 2.72. The Balaban J connectivity index is 2.26. The van der Waals surface area contributed by atoms with E-state index in [9.17, 15) is 9.90 Å².